The first-order chi connectivity index (χ1) is 20.1. The van der Waals surface area contributed by atoms with Gasteiger partial charge in [0.15, 0.2) is 17.3 Å². The molecule has 4 aromatic rings. The summed E-state index contributed by atoms with van der Waals surface area (Å²) in [6.45, 7) is -0.576. The largest absolute Gasteiger partial charge is 0.416 e. The van der Waals surface area contributed by atoms with Crippen molar-refractivity contribution in [3.63, 3.8) is 0 Å². The van der Waals surface area contributed by atoms with E-state index in [2.05, 4.69) is 15.5 Å². The maximum absolute atomic E-state index is 14.0. The third-order valence-corrected chi connectivity index (χ3v) is 6.74. The second kappa shape index (κ2) is 12.3. The zero-order valence-corrected chi connectivity index (χ0v) is 23.7. The molecule has 0 saturated carbocycles. The molecule has 230 valence electrons. The number of aliphatic hydroxyl groups is 1. The van der Waals surface area contributed by atoms with Crippen LogP contribution in [0.15, 0.2) is 47.0 Å². The Kier molecular flexibility index (Phi) is 9.18. The molecule has 1 N–H and O–H groups in total. The van der Waals surface area contributed by atoms with E-state index in [9.17, 15) is 36.2 Å². The van der Waals surface area contributed by atoms with Crippen molar-refractivity contribution in [3.8, 4) is 11.3 Å². The Labute approximate surface area is 246 Å². The lowest BCUT2D eigenvalue weighted by molar-refractivity contribution is -0.143. The molecule has 0 aliphatic heterocycles. The van der Waals surface area contributed by atoms with Crippen LogP contribution in [-0.4, -0.2) is 70.2 Å². The van der Waals surface area contributed by atoms with Gasteiger partial charge in [-0.15, -0.1) is 5.10 Å². The molecule has 0 atom stereocenters. The summed E-state index contributed by atoms with van der Waals surface area (Å²) < 4.78 is 87.2. The fourth-order valence-corrected chi connectivity index (χ4v) is 4.53. The van der Waals surface area contributed by atoms with Crippen LogP contribution in [0.1, 0.15) is 38.5 Å². The number of rotatable bonds is 10. The monoisotopic (exact) mass is 630 g/mol. The second-order valence-corrected chi connectivity index (χ2v) is 10.3. The quantitative estimate of drug-likeness (QED) is 0.184. The van der Waals surface area contributed by atoms with Gasteiger partial charge in [0, 0.05) is 25.7 Å². The lowest BCUT2D eigenvalue weighted by atomic mass is 10.0. The number of likely N-dealkylation sites (N-methyl/N-ethyl adjacent to an activating group) is 2. The molecular weight excluding hydrogens is 606 g/mol. The van der Waals surface area contributed by atoms with Crippen LogP contribution in [0, 0.1) is 0 Å². The molecule has 0 aliphatic carbocycles. The van der Waals surface area contributed by atoms with Crippen LogP contribution >= 0.6 is 11.6 Å². The standard InChI is InChI=1S/C27H25ClF6N6O3/c1-38(2)8-9-39(3)25-23(24(42)21-20(14-41)43-36-22(21)18-6-4-5-7-19(18)28)35-37-40(25)13-15-10-16(26(29,30)31)12-17(11-15)27(32,33)34/h4-7,10-12,41H,8-9,13-14H2,1-3H3. The number of ketones is 1. The number of anilines is 1. The fourth-order valence-electron chi connectivity index (χ4n) is 4.30. The van der Waals surface area contributed by atoms with E-state index in [1.807, 2.05) is 4.90 Å². The number of nitrogens with zero attached hydrogens (tertiary/aromatic N) is 6. The highest BCUT2D eigenvalue weighted by Gasteiger charge is 2.37. The van der Waals surface area contributed by atoms with Crippen LogP contribution in [0.2, 0.25) is 5.02 Å². The van der Waals surface area contributed by atoms with E-state index in [1.165, 1.54) is 0 Å². The summed E-state index contributed by atoms with van der Waals surface area (Å²) in [6, 6.07) is 7.63. The predicted molar refractivity (Wildman–Crippen MR) is 144 cm³/mol. The van der Waals surface area contributed by atoms with Gasteiger partial charge in [0.05, 0.1) is 28.3 Å². The number of aliphatic hydroxyl groups excluding tert-OH is 1. The topological polar surface area (TPSA) is 101 Å². The molecule has 2 heterocycles. The number of carbonyl (C=O) groups excluding carboxylic acids is 1. The highest BCUT2D eigenvalue weighted by Crippen LogP contribution is 2.37. The van der Waals surface area contributed by atoms with Crippen LogP contribution in [0.25, 0.3) is 11.3 Å². The molecule has 0 aliphatic rings. The Bertz CT molecular complexity index is 1580. The van der Waals surface area contributed by atoms with Gasteiger partial charge in [-0.2, -0.15) is 26.3 Å². The first-order valence-corrected chi connectivity index (χ1v) is 13.0. The Hall–Kier alpha value is -3.95. The van der Waals surface area contributed by atoms with Crippen molar-refractivity contribution in [2.24, 2.45) is 0 Å². The number of benzene rings is 2. The van der Waals surface area contributed by atoms with Gasteiger partial charge >= 0.3 is 12.4 Å². The summed E-state index contributed by atoms with van der Waals surface area (Å²) in [5.74, 6) is -1.00. The van der Waals surface area contributed by atoms with Crippen molar-refractivity contribution < 1.29 is 40.8 Å². The zero-order chi connectivity index (χ0) is 31.7. The van der Waals surface area contributed by atoms with E-state index in [-0.39, 0.29) is 51.7 Å². The number of carbonyl (C=O) groups is 1. The molecular formula is C27H25ClF6N6O3. The molecule has 0 radical (unpaired) electrons. The maximum atomic E-state index is 14.0. The van der Waals surface area contributed by atoms with Gasteiger partial charge < -0.3 is 19.4 Å². The van der Waals surface area contributed by atoms with Crippen molar-refractivity contribution >= 4 is 23.2 Å². The molecule has 0 saturated heterocycles. The summed E-state index contributed by atoms with van der Waals surface area (Å²) in [5.41, 5.74) is -3.50. The molecule has 2 aromatic carbocycles. The van der Waals surface area contributed by atoms with E-state index in [4.69, 9.17) is 16.1 Å². The number of aromatic nitrogens is 4. The summed E-state index contributed by atoms with van der Waals surface area (Å²) in [6.07, 6.45) is -10.1. The number of hydrogen-bond donors (Lipinski definition) is 1. The average molecular weight is 631 g/mol. The van der Waals surface area contributed by atoms with Crippen LogP contribution in [0.3, 0.4) is 0 Å². The van der Waals surface area contributed by atoms with Gasteiger partial charge in [-0.25, -0.2) is 4.68 Å². The van der Waals surface area contributed by atoms with Crippen LogP contribution in [0.4, 0.5) is 32.2 Å². The number of halogens is 7. The second-order valence-electron chi connectivity index (χ2n) is 9.85. The molecule has 0 fully saturated rings. The van der Waals surface area contributed by atoms with Crippen molar-refractivity contribution in [1.82, 2.24) is 25.1 Å². The average Bonchev–Trinajstić information content (AvgIpc) is 3.55. The predicted octanol–water partition coefficient (Wildman–Crippen LogP) is 5.39. The minimum atomic E-state index is -5.05. The fraction of sp³-hybridized carbons (Fsp3) is 0.333. The SMILES string of the molecule is CN(C)CCN(C)c1c(C(=O)c2c(-c3ccccc3Cl)noc2CO)nnn1Cc1cc(C(F)(F)F)cc(C(F)(F)F)c1. The molecule has 4 rings (SSSR count). The summed E-state index contributed by atoms with van der Waals surface area (Å²) in [5, 5.41) is 21.9. The van der Waals surface area contributed by atoms with Gasteiger partial charge in [-0.1, -0.05) is 40.2 Å². The normalized spacial score (nSPS) is 12.3. The lowest BCUT2D eigenvalue weighted by Crippen LogP contribution is -2.31. The van der Waals surface area contributed by atoms with Crippen LogP contribution in [-0.2, 0) is 25.5 Å². The molecule has 16 heteroatoms. The third-order valence-electron chi connectivity index (χ3n) is 6.41. The van der Waals surface area contributed by atoms with Crippen molar-refractivity contribution in [1.29, 1.82) is 0 Å². The summed E-state index contributed by atoms with van der Waals surface area (Å²) in [4.78, 5) is 17.4. The molecule has 0 spiro atoms. The Morgan fingerprint density at radius 3 is 2.19 bits per heavy atom. The maximum Gasteiger partial charge on any atom is 0.416 e. The van der Waals surface area contributed by atoms with Gasteiger partial charge in [-0.05, 0) is 43.9 Å². The first kappa shape index (κ1) is 32.0. The zero-order valence-electron chi connectivity index (χ0n) is 23.0. The van der Waals surface area contributed by atoms with E-state index < -0.39 is 42.4 Å². The van der Waals surface area contributed by atoms with Gasteiger partial charge in [0.1, 0.15) is 12.3 Å². The molecule has 43 heavy (non-hydrogen) atoms. The summed E-state index contributed by atoms with van der Waals surface area (Å²) in [7, 11) is 5.15. The Morgan fingerprint density at radius 2 is 1.63 bits per heavy atom. The Balaban J connectivity index is 1.86. The van der Waals surface area contributed by atoms with Crippen molar-refractivity contribution in [2.45, 2.75) is 25.5 Å². The minimum Gasteiger partial charge on any atom is -0.388 e. The highest BCUT2D eigenvalue weighted by molar-refractivity contribution is 6.33. The van der Waals surface area contributed by atoms with Crippen molar-refractivity contribution in [2.75, 3.05) is 39.1 Å². The van der Waals surface area contributed by atoms with Gasteiger partial charge in [-0.3, -0.25) is 4.79 Å². The van der Waals surface area contributed by atoms with E-state index in [0.29, 0.717) is 24.2 Å². The van der Waals surface area contributed by atoms with Gasteiger partial charge in [0.25, 0.3) is 0 Å². The van der Waals surface area contributed by atoms with Crippen molar-refractivity contribution in [3.05, 3.63) is 81.2 Å². The number of hydrogen-bond acceptors (Lipinski definition) is 8. The lowest BCUT2D eigenvalue weighted by Gasteiger charge is -2.23. The van der Waals surface area contributed by atoms with E-state index in [0.717, 1.165) is 4.68 Å². The van der Waals surface area contributed by atoms with Gasteiger partial charge in [0.2, 0.25) is 5.78 Å². The molecule has 2 aromatic heterocycles. The van der Waals surface area contributed by atoms with E-state index in [1.54, 1.807) is 50.3 Å². The smallest absolute Gasteiger partial charge is 0.388 e. The summed E-state index contributed by atoms with van der Waals surface area (Å²) >= 11 is 6.31. The first-order valence-electron chi connectivity index (χ1n) is 12.6. The molecule has 9 nitrogen and oxygen atoms in total. The minimum absolute atomic E-state index is 0.00351. The number of alkyl halides is 6. The van der Waals surface area contributed by atoms with E-state index >= 15 is 0 Å². The molecule has 0 amide bonds. The molecule has 0 bridgehead atoms. The van der Waals surface area contributed by atoms with Crippen LogP contribution < -0.4 is 4.90 Å². The third kappa shape index (κ3) is 7.00. The highest BCUT2D eigenvalue weighted by atomic mass is 35.5. The molecule has 0 unspecified atom stereocenters. The Morgan fingerprint density at radius 1 is 1.00 bits per heavy atom. The van der Waals surface area contributed by atoms with Crippen LogP contribution in [0.5, 0.6) is 0 Å².